The molecule has 0 saturated carbocycles. The van der Waals surface area contributed by atoms with Crippen LogP contribution in [0.25, 0.3) is 0 Å². The Hall–Kier alpha value is 43.5. The summed E-state index contributed by atoms with van der Waals surface area (Å²) in [6.07, 6.45) is 10.1. The Morgan fingerprint density at radius 2 is 0.374 bits per heavy atom. The first kappa shape index (κ1) is 244. The molecule has 0 nitrogen and oxygen atoms in total. The summed E-state index contributed by atoms with van der Waals surface area (Å²) in [6, 6.07) is 0. The molecule has 7 atom stereocenters. The van der Waals surface area contributed by atoms with Crippen LogP contribution in [0.3, 0.4) is 0 Å². The van der Waals surface area contributed by atoms with Crippen LogP contribution in [0, 0.1) is 0 Å². The maximum atomic E-state index is 5.94. The van der Waals surface area contributed by atoms with E-state index in [9.17, 15) is 0 Å². The molecule has 107 heavy (non-hydrogen) atoms. The van der Waals surface area contributed by atoms with Gasteiger partial charge in [-0.05, 0) is 108 Å². The third-order valence-corrected chi connectivity index (χ3v) is 160. The molecular formula is C5H19I8Li22P14S58+3. The van der Waals surface area contributed by atoms with Crippen molar-refractivity contribution in [1.82, 2.24) is 0 Å². The van der Waals surface area contributed by atoms with Crippen LogP contribution in [0.1, 0.15) is 0 Å². The molecule has 0 aromatic heterocycles. The molecule has 0 amide bonds. The van der Waals surface area contributed by atoms with Gasteiger partial charge in [0.05, 0.1) is 0 Å². The second-order valence-corrected chi connectivity index (χ2v) is 210. The van der Waals surface area contributed by atoms with E-state index in [0.717, 1.165) is 0 Å². The van der Waals surface area contributed by atoms with E-state index in [2.05, 4.69) is 294 Å². The fourth-order valence-corrected chi connectivity index (χ4v) is 183. The fourth-order valence-electron chi connectivity index (χ4n) is 0.954. The minimum Gasteiger partial charge on any atom is -0.794 e. The zero-order valence-corrected chi connectivity index (χ0v) is 138. The van der Waals surface area contributed by atoms with Gasteiger partial charge in [-0.25, -0.2) is 14.6 Å². The van der Waals surface area contributed by atoms with Crippen molar-refractivity contribution in [3.05, 3.63) is 0 Å². The molecule has 102 heteroatoms. The van der Waals surface area contributed by atoms with Crippen LogP contribution < -0.4 is 452 Å². The Labute approximate surface area is 1280 Å². The van der Waals surface area contributed by atoms with Crippen molar-refractivity contribution in [1.29, 1.82) is 0 Å². The third kappa shape index (κ3) is 271. The average molecular weight is 3540 g/mol. The first-order chi connectivity index (χ1) is 37.3. The van der Waals surface area contributed by atoms with Gasteiger partial charge < -0.3 is 268 Å². The van der Waals surface area contributed by atoms with E-state index in [4.69, 9.17) is 277 Å². The number of hydrogen-bond acceptors (Lipinski definition) is 56. The van der Waals surface area contributed by atoms with Gasteiger partial charge in [-0.15, -0.1) is 171 Å². The normalized spacial score (nSPS) is 13.0. The van der Waals surface area contributed by atoms with Gasteiger partial charge in [0.15, 0.2) is 0 Å². The van der Waals surface area contributed by atoms with Gasteiger partial charge in [0.1, 0.15) is 10.9 Å². The largest absolute Gasteiger partial charge is 1.00 e. The summed E-state index contributed by atoms with van der Waals surface area (Å²) < 4.78 is -27.4. The van der Waals surface area contributed by atoms with Gasteiger partial charge >= 0.3 is 452 Å². The number of rotatable bonds is 28. The van der Waals surface area contributed by atoms with Crippen LogP contribution in [0.5, 0.6) is 0 Å². The van der Waals surface area contributed by atoms with Gasteiger partial charge in [-0.2, -0.15) is 47.7 Å². The first-order valence-corrected chi connectivity index (χ1v) is 139. The van der Waals surface area contributed by atoms with Gasteiger partial charge in [0.25, 0.3) is 37.2 Å². The van der Waals surface area contributed by atoms with Gasteiger partial charge in [-0.3, -0.25) is 0 Å². The van der Waals surface area contributed by atoms with E-state index in [1.165, 1.54) is 83.3 Å². The zero-order chi connectivity index (χ0) is 71.8. The molecule has 0 saturated heterocycles. The van der Waals surface area contributed by atoms with Crippen molar-refractivity contribution in [3.8, 4) is 0 Å². The maximum absolute atomic E-state index is 5.94. The Balaban J connectivity index is -0.0000000194. The monoisotopic (exact) mass is 3540 g/mol. The van der Waals surface area contributed by atoms with Crippen LogP contribution in [0.4, 0.5) is 0 Å². The second kappa shape index (κ2) is 149. The first-order valence-electron chi connectivity index (χ1n) is 14.4. The van der Waals surface area contributed by atoms with E-state index in [1.54, 1.807) is 139 Å². The van der Waals surface area contributed by atoms with E-state index in [-0.39, 0.29) is 415 Å². The molecule has 0 fully saturated rings. The zero-order valence-electron chi connectivity index (χ0n) is 60.1. The quantitative estimate of drug-likeness (QED) is 0.0191. The van der Waals surface area contributed by atoms with Crippen molar-refractivity contribution >= 4 is 832 Å². The molecular weight excluding hydrogens is 3520 g/mol. The Morgan fingerprint density at radius 3 is 0.523 bits per heavy atom. The molecule has 0 aliphatic rings. The maximum Gasteiger partial charge on any atom is 1.00 e. The minimum atomic E-state index is -2.06. The Bertz CT molecular complexity index is 2260. The molecule has 0 spiro atoms. The van der Waals surface area contributed by atoms with Crippen molar-refractivity contribution in [3.63, 3.8) is 0 Å². The van der Waals surface area contributed by atoms with Gasteiger partial charge in [0, 0.05) is 74.5 Å². The summed E-state index contributed by atoms with van der Waals surface area (Å²) in [6.45, 7) is 0. The SMILES string of the molecule is CSP(=S)([S-])SSP(=S)(S)SSP(=S)([S-])S.CSSP(=S)(SC)SSP(=S)([S-])SSP(=S)(SSC)SSP(=S)([S-])SC.II.II.I[IH+].I[IH+].S=P([S-])([S-])SSP(=S)([S-])[S-].S=P([S-])([S-])SSP(=S)([S-])[S-].S=P([S-])([S-])[S-].S=P([S-])([S-])[S-].S=P([S-])([S-])[S-].[Li+].[Li+].[Li+].[Li+].[Li+].[Li+].[Li+].[Li+].[Li+].[Li+].[Li+].[Li+].[Li+].[Li+].[Li+].[Li+].[Li+].[Li+].[Li+].[Li+].[Li+].[Li+]. The van der Waals surface area contributed by atoms with Gasteiger partial charge in [-0.1, -0.05) is 132 Å². The van der Waals surface area contributed by atoms with E-state index in [1.807, 2.05) is 56.0 Å². The molecule has 7 unspecified atom stereocenters. The molecule has 0 aromatic rings. The van der Waals surface area contributed by atoms with Gasteiger partial charge in [0.2, 0.25) is 0 Å². The van der Waals surface area contributed by atoms with Crippen LogP contribution >= 0.6 is 410 Å². The minimum absolute atomic E-state index is 0. The van der Waals surface area contributed by atoms with E-state index in [0.29, 0.717) is 0 Å². The van der Waals surface area contributed by atoms with Crippen LogP contribution in [0.15, 0.2) is 0 Å². The summed E-state index contributed by atoms with van der Waals surface area (Å²) in [5.74, 6) is 0. The summed E-state index contributed by atoms with van der Waals surface area (Å²) >= 11 is 201. The molecule has 0 aliphatic heterocycles. The summed E-state index contributed by atoms with van der Waals surface area (Å²) in [7, 11) is 27.7. The Kier molecular flexibility index (Phi) is 340. The molecule has 0 radical (unpaired) electrons. The predicted molar refractivity (Wildman–Crippen MR) is 649 cm³/mol. The summed E-state index contributed by atoms with van der Waals surface area (Å²) in [4.78, 5) is 0. The number of thiol groups is 2. The van der Waals surface area contributed by atoms with Crippen LogP contribution in [0.2, 0.25) is 0 Å². The van der Waals surface area contributed by atoms with Crippen molar-refractivity contribution in [2.24, 2.45) is 0 Å². The molecule has 0 N–H and O–H groups in total. The molecule has 532 valence electrons. The number of hydrogen-bond donors (Lipinski definition) is 2. The Morgan fingerprint density at radius 1 is 0.224 bits per heavy atom. The van der Waals surface area contributed by atoms with Crippen LogP contribution in [-0.2, 0) is 423 Å². The van der Waals surface area contributed by atoms with Crippen molar-refractivity contribution in [2.45, 2.75) is 0 Å². The topological polar surface area (TPSA) is 0 Å². The molecule has 0 rings (SSSR count). The second-order valence-electron chi connectivity index (χ2n) is 8.38. The molecule has 0 aromatic carbocycles. The standard InChI is InChI=1S/C4H14P4S18.CH7P3S12.2HI2.2I2.22Li.2H4P2S8.3H3PS4/c1-15-5(9,10)19-25-8(14,23-18-4)26-21-6(11,12)20-24-7(13,16-2)22-17-3;1-12-3(8,9)14-16-4(10,11)15-13-2(5,6)7;4*1-2;;;;;;;;;;;;;;;;;;;;;;;2*3-1(4,5)9-10-2(6,7)8;3*2-1(3,4)5/h1-4H3,(H,9,10)(H,11,12);1H3,(H,8,9)(H,10,11)(H2,5,6,7);2*1H;;;;;;;;;;;;;;;;;;;;;;;;;2*(H2,3,4,5)(H2,6,7,8);3*(H3,2,3,4,5)/q;;2*+1;;;22*+1;;;;;/p-21. The van der Waals surface area contributed by atoms with Crippen LogP contribution in [-0.4, -0.2) is 31.3 Å². The summed E-state index contributed by atoms with van der Waals surface area (Å²) in [5, 5.41) is 0. The van der Waals surface area contributed by atoms with E-state index < -0.39 is 51.0 Å². The smallest absolute Gasteiger partial charge is 0.794 e. The van der Waals surface area contributed by atoms with Crippen molar-refractivity contribution in [2.75, 3.05) is 31.3 Å². The summed E-state index contributed by atoms with van der Waals surface area (Å²) in [5.41, 5.74) is 0. The molecule has 0 bridgehead atoms. The van der Waals surface area contributed by atoms with E-state index >= 15 is 0 Å². The van der Waals surface area contributed by atoms with Crippen molar-refractivity contribution < 1.29 is 452 Å². The number of halogens is 8. The molecule has 0 heterocycles. The average Bonchev–Trinajstić information content (AvgIpc) is 3.31. The fraction of sp³-hybridized carbons (Fsp3) is 1.00. The predicted octanol–water partition coefficient (Wildman–Crippen LogP) is -40.0. The molecule has 0 aliphatic carbocycles. The third-order valence-electron chi connectivity index (χ3n) is 2.52.